The van der Waals surface area contributed by atoms with Gasteiger partial charge in [0.15, 0.2) is 11.6 Å². The van der Waals surface area contributed by atoms with Crippen LogP contribution in [0, 0.1) is 0 Å². The van der Waals surface area contributed by atoms with E-state index in [0.717, 1.165) is 13.1 Å². The zero-order valence-electron chi connectivity index (χ0n) is 14.0. The summed E-state index contributed by atoms with van der Waals surface area (Å²) in [4.78, 5) is 19.3. The molecule has 0 unspecified atom stereocenters. The number of nitrogens with one attached hydrogen (secondary N) is 2. The Morgan fingerprint density at radius 2 is 1.96 bits per heavy atom. The van der Waals surface area contributed by atoms with E-state index in [0.29, 0.717) is 47.9 Å². The number of aliphatic hydroxyl groups excluding tert-OH is 1. The summed E-state index contributed by atoms with van der Waals surface area (Å²) >= 11 is 0. The van der Waals surface area contributed by atoms with Gasteiger partial charge in [-0.3, -0.25) is 5.10 Å². The van der Waals surface area contributed by atoms with E-state index in [9.17, 15) is 0 Å². The summed E-state index contributed by atoms with van der Waals surface area (Å²) in [5.41, 5.74) is 1.32. The van der Waals surface area contributed by atoms with Gasteiger partial charge in [-0.15, -0.1) is 0 Å². The van der Waals surface area contributed by atoms with E-state index in [1.54, 1.807) is 30.7 Å². The minimum atomic E-state index is -0.0880. The summed E-state index contributed by atoms with van der Waals surface area (Å²) in [6.07, 6.45) is 4.87. The molecule has 10 nitrogen and oxygen atoms in total. The van der Waals surface area contributed by atoms with Crippen LogP contribution in [0.4, 0.5) is 17.6 Å². The quantitative estimate of drug-likeness (QED) is 0.608. The molecular weight excluding hydrogens is 336 g/mol. The number of hydrogen-bond donors (Lipinski definition) is 3. The van der Waals surface area contributed by atoms with Crippen molar-refractivity contribution in [3.05, 3.63) is 36.3 Å². The first-order valence-corrected chi connectivity index (χ1v) is 8.22. The number of H-pyrrole nitrogens is 1. The number of rotatable bonds is 5. The van der Waals surface area contributed by atoms with Gasteiger partial charge in [0.1, 0.15) is 11.5 Å². The molecule has 4 rings (SSSR count). The Morgan fingerprint density at radius 1 is 1.15 bits per heavy atom. The summed E-state index contributed by atoms with van der Waals surface area (Å²) in [7, 11) is 0. The molecule has 0 bridgehead atoms. The van der Waals surface area contributed by atoms with Crippen molar-refractivity contribution in [2.24, 2.45) is 0 Å². The highest BCUT2D eigenvalue weighted by Gasteiger charge is 2.14. The Bertz CT molecular complexity index is 861. The molecule has 1 fully saturated rings. The number of aromatic amines is 1. The highest BCUT2D eigenvalue weighted by Crippen LogP contribution is 2.20. The van der Waals surface area contributed by atoms with Gasteiger partial charge < -0.3 is 20.1 Å². The maximum atomic E-state index is 9.05. The van der Waals surface area contributed by atoms with Crippen molar-refractivity contribution in [2.45, 2.75) is 6.61 Å². The highest BCUT2D eigenvalue weighted by molar-refractivity contribution is 5.60. The third-order valence-corrected chi connectivity index (χ3v) is 3.90. The van der Waals surface area contributed by atoms with Gasteiger partial charge in [-0.25, -0.2) is 15.0 Å². The summed E-state index contributed by atoms with van der Waals surface area (Å²) in [5.74, 6) is 2.41. The fraction of sp³-hybridized carbons (Fsp3) is 0.312. The summed E-state index contributed by atoms with van der Waals surface area (Å²) in [6.45, 7) is 2.82. The van der Waals surface area contributed by atoms with Crippen LogP contribution in [0.5, 0.6) is 0 Å². The lowest BCUT2D eigenvalue weighted by Gasteiger charge is -2.26. The molecule has 0 radical (unpaired) electrons. The molecule has 3 aromatic rings. The zero-order chi connectivity index (χ0) is 17.8. The van der Waals surface area contributed by atoms with Crippen LogP contribution >= 0.6 is 0 Å². The van der Waals surface area contributed by atoms with E-state index >= 15 is 0 Å². The van der Waals surface area contributed by atoms with Crippen molar-refractivity contribution in [3.8, 4) is 11.5 Å². The number of ether oxygens (including phenoxy) is 1. The first-order valence-electron chi connectivity index (χ1n) is 8.22. The van der Waals surface area contributed by atoms with Crippen LogP contribution in [0.25, 0.3) is 11.5 Å². The average Bonchev–Trinajstić information content (AvgIpc) is 3.17. The number of aliphatic hydroxyl groups is 1. The molecule has 1 aliphatic heterocycles. The molecule has 4 heterocycles. The molecule has 1 aliphatic rings. The summed E-state index contributed by atoms with van der Waals surface area (Å²) in [5, 5.41) is 19.3. The Balaban J connectivity index is 1.48. The second kappa shape index (κ2) is 7.42. The maximum Gasteiger partial charge on any atom is 0.227 e. The van der Waals surface area contributed by atoms with Crippen LogP contribution in [0.2, 0.25) is 0 Å². The minimum absolute atomic E-state index is 0.0880. The zero-order valence-corrected chi connectivity index (χ0v) is 14.0. The van der Waals surface area contributed by atoms with Crippen LogP contribution in [0.15, 0.2) is 30.7 Å². The molecular formula is C16H18N8O2. The molecule has 3 aromatic heterocycles. The van der Waals surface area contributed by atoms with Crippen molar-refractivity contribution >= 4 is 17.6 Å². The van der Waals surface area contributed by atoms with Gasteiger partial charge in [0.2, 0.25) is 5.95 Å². The van der Waals surface area contributed by atoms with Crippen LogP contribution in [-0.2, 0) is 11.3 Å². The fourth-order valence-corrected chi connectivity index (χ4v) is 2.54. The molecule has 0 spiro atoms. The van der Waals surface area contributed by atoms with E-state index in [2.05, 4.69) is 40.3 Å². The largest absolute Gasteiger partial charge is 0.392 e. The smallest absolute Gasteiger partial charge is 0.227 e. The van der Waals surface area contributed by atoms with Crippen LogP contribution in [0.1, 0.15) is 5.56 Å². The molecule has 134 valence electrons. The standard InChI is InChI=1S/C16H18N8O2/c25-10-11-8-18-15(19-9-11)12-7-14(23-22-12)20-13-1-2-17-16(21-13)24-3-5-26-6-4-24/h1-2,7-9,25H,3-6,10H2,(H2,17,20,21,22,23). The normalized spacial score (nSPS) is 14.4. The summed E-state index contributed by atoms with van der Waals surface area (Å²) < 4.78 is 5.35. The number of anilines is 3. The highest BCUT2D eigenvalue weighted by atomic mass is 16.5. The second-order valence-electron chi connectivity index (χ2n) is 5.71. The SMILES string of the molecule is OCc1cnc(-c2cc(Nc3ccnc(N4CCOCC4)n3)n[nH]2)nc1. The number of aromatic nitrogens is 6. The van der Waals surface area contributed by atoms with Crippen molar-refractivity contribution in [3.63, 3.8) is 0 Å². The minimum Gasteiger partial charge on any atom is -0.392 e. The molecule has 0 atom stereocenters. The molecule has 0 aliphatic carbocycles. The number of nitrogens with zero attached hydrogens (tertiary/aromatic N) is 6. The second-order valence-corrected chi connectivity index (χ2v) is 5.71. The molecule has 0 amide bonds. The molecule has 0 aromatic carbocycles. The van der Waals surface area contributed by atoms with E-state index in [1.807, 2.05) is 0 Å². The first-order chi connectivity index (χ1) is 12.8. The van der Waals surface area contributed by atoms with E-state index in [4.69, 9.17) is 9.84 Å². The lowest BCUT2D eigenvalue weighted by Crippen LogP contribution is -2.37. The Kier molecular flexibility index (Phi) is 4.67. The topological polar surface area (TPSA) is 125 Å². The van der Waals surface area contributed by atoms with Crippen molar-refractivity contribution < 1.29 is 9.84 Å². The van der Waals surface area contributed by atoms with E-state index in [1.165, 1.54) is 0 Å². The van der Waals surface area contributed by atoms with Crippen molar-refractivity contribution in [1.29, 1.82) is 0 Å². The first kappa shape index (κ1) is 16.4. The van der Waals surface area contributed by atoms with Crippen molar-refractivity contribution in [2.75, 3.05) is 36.5 Å². The fourth-order valence-electron chi connectivity index (χ4n) is 2.54. The van der Waals surface area contributed by atoms with E-state index < -0.39 is 0 Å². The van der Waals surface area contributed by atoms with Gasteiger partial charge in [-0.05, 0) is 6.07 Å². The lowest BCUT2D eigenvalue weighted by atomic mass is 10.3. The number of hydrogen-bond acceptors (Lipinski definition) is 9. The Hall–Kier alpha value is -3.11. The monoisotopic (exact) mass is 354 g/mol. The predicted octanol–water partition coefficient (Wildman–Crippen LogP) is 0.729. The lowest BCUT2D eigenvalue weighted by molar-refractivity contribution is 0.122. The van der Waals surface area contributed by atoms with Gasteiger partial charge >= 0.3 is 0 Å². The number of morpholine rings is 1. The van der Waals surface area contributed by atoms with Gasteiger partial charge in [-0.1, -0.05) is 0 Å². The molecule has 0 saturated carbocycles. The Labute approximate surface area is 149 Å². The maximum absolute atomic E-state index is 9.05. The van der Waals surface area contributed by atoms with Crippen molar-refractivity contribution in [1.82, 2.24) is 30.1 Å². The van der Waals surface area contributed by atoms with Gasteiger partial charge in [0.05, 0.1) is 19.8 Å². The predicted molar refractivity (Wildman–Crippen MR) is 93.9 cm³/mol. The van der Waals surface area contributed by atoms with E-state index in [-0.39, 0.29) is 6.61 Å². The van der Waals surface area contributed by atoms with Gasteiger partial charge in [0, 0.05) is 43.3 Å². The van der Waals surface area contributed by atoms with Crippen LogP contribution in [-0.4, -0.2) is 61.5 Å². The average molecular weight is 354 g/mol. The molecule has 1 saturated heterocycles. The molecule has 3 N–H and O–H groups in total. The van der Waals surface area contributed by atoms with Crippen LogP contribution in [0.3, 0.4) is 0 Å². The Morgan fingerprint density at radius 3 is 2.73 bits per heavy atom. The van der Waals surface area contributed by atoms with Gasteiger partial charge in [0.25, 0.3) is 0 Å². The third-order valence-electron chi connectivity index (χ3n) is 3.90. The van der Waals surface area contributed by atoms with Crippen LogP contribution < -0.4 is 10.2 Å². The molecule has 10 heteroatoms. The molecule has 26 heavy (non-hydrogen) atoms. The summed E-state index contributed by atoms with van der Waals surface area (Å²) in [6, 6.07) is 3.58. The van der Waals surface area contributed by atoms with Gasteiger partial charge in [-0.2, -0.15) is 10.1 Å². The third kappa shape index (κ3) is 3.60.